The number of carbonyl (C=O) groups excluding carboxylic acids is 2. The number of carbonyl (C=O) groups is 2. The lowest BCUT2D eigenvalue weighted by molar-refractivity contribution is -0.128. The molecule has 0 bridgehead atoms. The third-order valence-corrected chi connectivity index (χ3v) is 7.19. The first-order valence-electron chi connectivity index (χ1n) is 10.6. The number of thioether (sulfide) groups is 1. The van der Waals surface area contributed by atoms with Crippen LogP contribution in [0.15, 0.2) is 83.8 Å². The Bertz CT molecular complexity index is 1120. The van der Waals surface area contributed by atoms with Crippen LogP contribution in [0, 0.1) is 11.7 Å². The average Bonchev–Trinajstić information content (AvgIpc) is 2.82. The molecule has 164 valence electrons. The first-order chi connectivity index (χ1) is 15.5. The molecular formula is C26H25FN2O2S. The molecule has 32 heavy (non-hydrogen) atoms. The lowest BCUT2D eigenvalue weighted by Crippen LogP contribution is -2.47. The highest BCUT2D eigenvalue weighted by atomic mass is 32.2. The van der Waals surface area contributed by atoms with Crippen molar-refractivity contribution in [3.05, 3.63) is 95.8 Å². The average molecular weight is 449 g/mol. The number of hydrogen-bond acceptors (Lipinski definition) is 3. The van der Waals surface area contributed by atoms with E-state index in [-0.39, 0.29) is 30.2 Å². The molecule has 4 rings (SSSR count). The lowest BCUT2D eigenvalue weighted by Gasteiger charge is -2.36. The molecule has 0 unspecified atom stereocenters. The zero-order chi connectivity index (χ0) is 22.7. The van der Waals surface area contributed by atoms with Crippen molar-refractivity contribution in [1.82, 2.24) is 5.32 Å². The van der Waals surface area contributed by atoms with Crippen molar-refractivity contribution in [3.63, 3.8) is 0 Å². The van der Waals surface area contributed by atoms with E-state index in [2.05, 4.69) is 5.32 Å². The zero-order valence-corrected chi connectivity index (χ0v) is 18.8. The standard InChI is InChI=1S/C26H25FN2O2S/c1-17(25(30)28-18(2)19-10-4-3-5-11-19)24-26(31)29(16-20-12-6-7-13-21(20)27)22-14-8-9-15-23(22)32-24/h3-15,17-18,24H,16H2,1-2H3,(H,28,30)/t17-,18-,24-/m0/s1. The molecule has 0 saturated carbocycles. The SMILES string of the molecule is C[C@H](NC(=O)[C@@H](C)[C@@H]1Sc2ccccc2N(Cc2ccccc2F)C1=O)c1ccccc1. The summed E-state index contributed by atoms with van der Waals surface area (Å²) < 4.78 is 14.3. The Morgan fingerprint density at radius 3 is 2.41 bits per heavy atom. The van der Waals surface area contributed by atoms with Gasteiger partial charge in [-0.2, -0.15) is 0 Å². The second-order valence-electron chi connectivity index (χ2n) is 7.95. The van der Waals surface area contributed by atoms with Gasteiger partial charge in [0.15, 0.2) is 0 Å². The van der Waals surface area contributed by atoms with Gasteiger partial charge in [0.2, 0.25) is 11.8 Å². The molecule has 1 heterocycles. The number of anilines is 1. The van der Waals surface area contributed by atoms with Gasteiger partial charge in [-0.1, -0.05) is 67.6 Å². The number of amides is 2. The molecule has 4 nitrogen and oxygen atoms in total. The van der Waals surface area contributed by atoms with Gasteiger partial charge in [-0.3, -0.25) is 9.59 Å². The van der Waals surface area contributed by atoms with E-state index in [1.165, 1.54) is 17.8 Å². The van der Waals surface area contributed by atoms with Crippen LogP contribution < -0.4 is 10.2 Å². The van der Waals surface area contributed by atoms with Gasteiger partial charge in [0.05, 0.1) is 24.2 Å². The molecule has 0 fully saturated rings. The number of nitrogens with zero attached hydrogens (tertiary/aromatic N) is 1. The van der Waals surface area contributed by atoms with E-state index >= 15 is 0 Å². The lowest BCUT2D eigenvalue weighted by atomic mass is 10.0. The van der Waals surface area contributed by atoms with Gasteiger partial charge in [0.1, 0.15) is 11.1 Å². The van der Waals surface area contributed by atoms with Gasteiger partial charge >= 0.3 is 0 Å². The Morgan fingerprint density at radius 2 is 1.66 bits per heavy atom. The molecule has 0 radical (unpaired) electrons. The maximum absolute atomic E-state index is 14.3. The summed E-state index contributed by atoms with van der Waals surface area (Å²) in [7, 11) is 0. The summed E-state index contributed by atoms with van der Waals surface area (Å²) in [6, 6.07) is 23.6. The van der Waals surface area contributed by atoms with Crippen LogP contribution in [0.5, 0.6) is 0 Å². The third-order valence-electron chi connectivity index (χ3n) is 5.73. The number of rotatable bonds is 6. The van der Waals surface area contributed by atoms with E-state index in [9.17, 15) is 14.0 Å². The summed E-state index contributed by atoms with van der Waals surface area (Å²) in [6.45, 7) is 3.82. The van der Waals surface area contributed by atoms with Gasteiger partial charge in [-0.15, -0.1) is 11.8 Å². The van der Waals surface area contributed by atoms with E-state index in [4.69, 9.17) is 0 Å². The number of hydrogen-bond donors (Lipinski definition) is 1. The predicted molar refractivity (Wildman–Crippen MR) is 126 cm³/mol. The van der Waals surface area contributed by atoms with Crippen LogP contribution in [0.1, 0.15) is 31.0 Å². The van der Waals surface area contributed by atoms with Crippen molar-refractivity contribution >= 4 is 29.3 Å². The topological polar surface area (TPSA) is 49.4 Å². The van der Waals surface area contributed by atoms with Crippen LogP contribution in [-0.2, 0) is 16.1 Å². The van der Waals surface area contributed by atoms with Crippen molar-refractivity contribution in [1.29, 1.82) is 0 Å². The maximum Gasteiger partial charge on any atom is 0.241 e. The summed E-state index contributed by atoms with van der Waals surface area (Å²) in [5, 5.41) is 2.43. The normalized spacial score (nSPS) is 17.4. The molecule has 3 atom stereocenters. The van der Waals surface area contributed by atoms with E-state index in [1.54, 1.807) is 30.0 Å². The molecule has 3 aromatic rings. The molecule has 1 aliphatic heterocycles. The summed E-state index contributed by atoms with van der Waals surface area (Å²) in [6.07, 6.45) is 0. The maximum atomic E-state index is 14.3. The van der Waals surface area contributed by atoms with Crippen LogP contribution in [0.2, 0.25) is 0 Å². The van der Waals surface area contributed by atoms with Crippen LogP contribution in [0.3, 0.4) is 0 Å². The molecular weight excluding hydrogens is 423 g/mol. The van der Waals surface area contributed by atoms with Crippen molar-refractivity contribution in [3.8, 4) is 0 Å². The fourth-order valence-electron chi connectivity index (χ4n) is 3.82. The zero-order valence-electron chi connectivity index (χ0n) is 18.0. The highest BCUT2D eigenvalue weighted by molar-refractivity contribution is 8.01. The third kappa shape index (κ3) is 4.55. The number of para-hydroxylation sites is 1. The molecule has 2 amide bonds. The van der Waals surface area contributed by atoms with E-state index in [1.807, 2.05) is 61.5 Å². The van der Waals surface area contributed by atoms with Crippen LogP contribution in [0.25, 0.3) is 0 Å². The molecule has 0 saturated heterocycles. The predicted octanol–water partition coefficient (Wildman–Crippen LogP) is 5.35. The second-order valence-corrected chi connectivity index (χ2v) is 9.14. The quantitative estimate of drug-likeness (QED) is 0.553. The van der Waals surface area contributed by atoms with Crippen molar-refractivity contribution in [2.75, 3.05) is 4.90 Å². The molecule has 0 spiro atoms. The highest BCUT2D eigenvalue weighted by Crippen LogP contribution is 2.42. The van der Waals surface area contributed by atoms with E-state index < -0.39 is 11.2 Å². The van der Waals surface area contributed by atoms with Crippen LogP contribution in [-0.4, -0.2) is 17.1 Å². The van der Waals surface area contributed by atoms with Gasteiger partial charge < -0.3 is 10.2 Å². The summed E-state index contributed by atoms with van der Waals surface area (Å²) in [5.41, 5.74) is 2.19. The number of benzene rings is 3. The Morgan fingerprint density at radius 1 is 1.00 bits per heavy atom. The highest BCUT2D eigenvalue weighted by Gasteiger charge is 2.39. The molecule has 1 N–H and O–H groups in total. The summed E-state index contributed by atoms with van der Waals surface area (Å²) in [5.74, 6) is -1.28. The Kier molecular flexibility index (Phi) is 6.61. The van der Waals surface area contributed by atoms with Gasteiger partial charge in [-0.25, -0.2) is 4.39 Å². The van der Waals surface area contributed by atoms with Crippen molar-refractivity contribution in [2.45, 2.75) is 36.6 Å². The second kappa shape index (κ2) is 9.57. The summed E-state index contributed by atoms with van der Waals surface area (Å²) in [4.78, 5) is 29.1. The van der Waals surface area contributed by atoms with Crippen molar-refractivity contribution in [2.24, 2.45) is 5.92 Å². The first-order valence-corrected chi connectivity index (χ1v) is 11.5. The molecule has 0 aliphatic carbocycles. The van der Waals surface area contributed by atoms with E-state index in [0.29, 0.717) is 5.56 Å². The van der Waals surface area contributed by atoms with Crippen molar-refractivity contribution < 1.29 is 14.0 Å². The molecule has 1 aliphatic rings. The Balaban J connectivity index is 1.57. The number of nitrogens with one attached hydrogen (secondary N) is 1. The Labute approximate surface area is 191 Å². The van der Waals surface area contributed by atoms with Gasteiger partial charge in [-0.05, 0) is 30.7 Å². The smallest absolute Gasteiger partial charge is 0.241 e. The van der Waals surface area contributed by atoms with E-state index in [0.717, 1.165) is 16.1 Å². The minimum Gasteiger partial charge on any atom is -0.349 e. The van der Waals surface area contributed by atoms with Gasteiger partial charge in [0.25, 0.3) is 0 Å². The number of halogens is 1. The fourth-order valence-corrected chi connectivity index (χ4v) is 5.11. The Hall–Kier alpha value is -3.12. The summed E-state index contributed by atoms with van der Waals surface area (Å²) >= 11 is 1.40. The first kappa shape index (κ1) is 22.1. The minimum atomic E-state index is -0.598. The molecule has 0 aromatic heterocycles. The van der Waals surface area contributed by atoms with Crippen LogP contribution in [0.4, 0.5) is 10.1 Å². The van der Waals surface area contributed by atoms with Gasteiger partial charge in [0, 0.05) is 10.5 Å². The fraction of sp³-hybridized carbons (Fsp3) is 0.231. The molecule has 6 heteroatoms. The van der Waals surface area contributed by atoms with Crippen LogP contribution >= 0.6 is 11.8 Å². The number of fused-ring (bicyclic) bond motifs is 1. The largest absolute Gasteiger partial charge is 0.349 e. The monoisotopic (exact) mass is 448 g/mol. The minimum absolute atomic E-state index is 0.119. The molecule has 3 aromatic carbocycles.